The van der Waals surface area contributed by atoms with E-state index in [0.29, 0.717) is 0 Å². The molecule has 0 fully saturated rings. The molecule has 1 aromatic heterocycles. The Morgan fingerprint density at radius 3 is 2.53 bits per heavy atom. The molecule has 0 aliphatic heterocycles. The van der Waals surface area contributed by atoms with E-state index < -0.39 is 17.5 Å². The van der Waals surface area contributed by atoms with E-state index in [1.165, 1.54) is 20.9 Å². The summed E-state index contributed by atoms with van der Waals surface area (Å²) in [7, 11) is 1.45. The first-order chi connectivity index (χ1) is 8.76. The molecule has 0 spiro atoms. The highest BCUT2D eigenvalue weighted by molar-refractivity contribution is 5.85. The quantitative estimate of drug-likeness (QED) is 0.867. The maximum atomic E-state index is 12.0. The Balaban J connectivity index is 2.73. The predicted octanol–water partition coefficient (Wildman–Crippen LogP) is 1.65. The average molecular weight is 265 g/mol. The highest BCUT2D eigenvalue weighted by atomic mass is 16.4. The minimum Gasteiger partial charge on any atom is -0.480 e. The molecule has 1 rings (SSSR count). The SMILES string of the molecule is CC(NC(=O)N(C)C(C)(C)C(=O)O)c1ccccn1. The molecule has 104 valence electrons. The number of carboxylic acid groups (broad SMARTS) is 1. The van der Waals surface area contributed by atoms with Crippen molar-refractivity contribution in [2.75, 3.05) is 7.05 Å². The summed E-state index contributed by atoms with van der Waals surface area (Å²) in [6, 6.07) is 4.67. The monoisotopic (exact) mass is 265 g/mol. The third-order valence-corrected chi connectivity index (χ3v) is 3.14. The lowest BCUT2D eigenvalue weighted by Gasteiger charge is -2.32. The van der Waals surface area contributed by atoms with Gasteiger partial charge in [0.15, 0.2) is 0 Å². The van der Waals surface area contributed by atoms with Crippen LogP contribution in [0.25, 0.3) is 0 Å². The van der Waals surface area contributed by atoms with Crippen molar-refractivity contribution in [1.29, 1.82) is 0 Å². The summed E-state index contributed by atoms with van der Waals surface area (Å²) in [6.07, 6.45) is 1.64. The summed E-state index contributed by atoms with van der Waals surface area (Å²) in [4.78, 5) is 28.4. The molecule has 6 heteroatoms. The van der Waals surface area contributed by atoms with E-state index in [9.17, 15) is 9.59 Å². The number of pyridine rings is 1. The minimum atomic E-state index is -1.27. The molecule has 0 aliphatic carbocycles. The van der Waals surface area contributed by atoms with Gasteiger partial charge in [0.1, 0.15) is 5.54 Å². The van der Waals surface area contributed by atoms with Gasteiger partial charge in [-0.3, -0.25) is 4.98 Å². The topological polar surface area (TPSA) is 82.5 Å². The zero-order valence-corrected chi connectivity index (χ0v) is 11.5. The number of nitrogens with one attached hydrogen (secondary N) is 1. The summed E-state index contributed by atoms with van der Waals surface area (Å²) in [5.41, 5.74) is -0.550. The largest absolute Gasteiger partial charge is 0.480 e. The van der Waals surface area contributed by atoms with Crippen molar-refractivity contribution in [2.24, 2.45) is 0 Å². The van der Waals surface area contributed by atoms with Crippen molar-refractivity contribution in [3.63, 3.8) is 0 Å². The molecule has 1 aromatic rings. The Hall–Kier alpha value is -2.11. The Morgan fingerprint density at radius 2 is 2.05 bits per heavy atom. The van der Waals surface area contributed by atoms with Crippen molar-refractivity contribution in [3.05, 3.63) is 30.1 Å². The maximum absolute atomic E-state index is 12.0. The van der Waals surface area contributed by atoms with Crippen LogP contribution in [0, 0.1) is 0 Å². The van der Waals surface area contributed by atoms with Crippen LogP contribution in [0.4, 0.5) is 4.79 Å². The molecule has 0 saturated carbocycles. The average Bonchev–Trinajstić information content (AvgIpc) is 2.38. The predicted molar refractivity (Wildman–Crippen MR) is 70.7 cm³/mol. The summed E-state index contributed by atoms with van der Waals surface area (Å²) in [5.74, 6) is -1.06. The van der Waals surface area contributed by atoms with Crippen molar-refractivity contribution in [3.8, 4) is 0 Å². The fourth-order valence-corrected chi connectivity index (χ4v) is 1.39. The van der Waals surface area contributed by atoms with Crippen LogP contribution in [0.15, 0.2) is 24.4 Å². The number of carbonyl (C=O) groups excluding carboxylic acids is 1. The van der Waals surface area contributed by atoms with Crippen molar-refractivity contribution in [2.45, 2.75) is 32.4 Å². The van der Waals surface area contributed by atoms with Gasteiger partial charge in [-0.25, -0.2) is 9.59 Å². The number of urea groups is 1. The normalized spacial score (nSPS) is 12.6. The number of amides is 2. The number of carboxylic acids is 1. The van der Waals surface area contributed by atoms with Crippen LogP contribution in [0.1, 0.15) is 32.5 Å². The fraction of sp³-hybridized carbons (Fsp3) is 0.462. The standard InChI is InChI=1S/C13H19N3O3/c1-9(10-7-5-6-8-14-10)15-12(19)16(4)13(2,3)11(17)18/h5-9H,1-4H3,(H,15,19)(H,17,18). The number of nitrogens with zero attached hydrogens (tertiary/aromatic N) is 2. The lowest BCUT2D eigenvalue weighted by Crippen LogP contribution is -2.54. The number of hydrogen-bond acceptors (Lipinski definition) is 3. The molecule has 19 heavy (non-hydrogen) atoms. The zero-order valence-electron chi connectivity index (χ0n) is 11.5. The van der Waals surface area contributed by atoms with Gasteiger partial charge >= 0.3 is 12.0 Å². The fourth-order valence-electron chi connectivity index (χ4n) is 1.39. The highest BCUT2D eigenvalue weighted by Gasteiger charge is 2.35. The first kappa shape index (κ1) is 14.9. The number of aliphatic carboxylic acids is 1. The van der Waals surface area contributed by atoms with Gasteiger partial charge in [-0.05, 0) is 32.9 Å². The summed E-state index contributed by atoms with van der Waals surface area (Å²) in [5, 5.41) is 11.8. The second-order valence-electron chi connectivity index (χ2n) is 4.85. The van der Waals surface area contributed by atoms with E-state index in [4.69, 9.17) is 5.11 Å². The molecule has 2 N–H and O–H groups in total. The van der Waals surface area contributed by atoms with E-state index in [1.807, 2.05) is 6.07 Å². The number of hydrogen-bond donors (Lipinski definition) is 2. The van der Waals surface area contributed by atoms with Crippen LogP contribution in [0.5, 0.6) is 0 Å². The third kappa shape index (κ3) is 3.43. The lowest BCUT2D eigenvalue weighted by molar-refractivity contribution is -0.146. The summed E-state index contributed by atoms with van der Waals surface area (Å²) in [6.45, 7) is 4.74. The van der Waals surface area contributed by atoms with Gasteiger partial charge in [0.25, 0.3) is 0 Å². The van der Waals surface area contributed by atoms with Gasteiger partial charge in [0.2, 0.25) is 0 Å². The van der Waals surface area contributed by atoms with E-state index in [0.717, 1.165) is 10.6 Å². The van der Waals surface area contributed by atoms with Gasteiger partial charge in [-0.15, -0.1) is 0 Å². The van der Waals surface area contributed by atoms with Gasteiger partial charge in [0, 0.05) is 13.2 Å². The number of aromatic nitrogens is 1. The third-order valence-electron chi connectivity index (χ3n) is 3.14. The van der Waals surface area contributed by atoms with Gasteiger partial charge in [-0.1, -0.05) is 6.07 Å². The number of carbonyl (C=O) groups is 2. The molecule has 0 saturated heterocycles. The van der Waals surface area contributed by atoms with Crippen LogP contribution in [-0.4, -0.2) is 39.6 Å². The van der Waals surface area contributed by atoms with Crippen LogP contribution in [0.2, 0.25) is 0 Å². The molecule has 0 bridgehead atoms. The van der Waals surface area contributed by atoms with Gasteiger partial charge < -0.3 is 15.3 Å². The van der Waals surface area contributed by atoms with E-state index in [2.05, 4.69) is 10.3 Å². The number of rotatable bonds is 4. The Bertz CT molecular complexity index is 459. The molecular formula is C13H19N3O3. The van der Waals surface area contributed by atoms with Crippen molar-refractivity contribution < 1.29 is 14.7 Å². The molecule has 0 radical (unpaired) electrons. The van der Waals surface area contributed by atoms with Crippen LogP contribution >= 0.6 is 0 Å². The van der Waals surface area contributed by atoms with Crippen LogP contribution in [-0.2, 0) is 4.79 Å². The minimum absolute atomic E-state index is 0.291. The molecule has 0 aromatic carbocycles. The molecule has 6 nitrogen and oxygen atoms in total. The molecular weight excluding hydrogens is 246 g/mol. The van der Waals surface area contributed by atoms with Gasteiger partial charge in [-0.2, -0.15) is 0 Å². The first-order valence-electron chi connectivity index (χ1n) is 5.95. The summed E-state index contributed by atoms with van der Waals surface area (Å²) < 4.78 is 0. The zero-order chi connectivity index (χ0) is 14.6. The second kappa shape index (κ2) is 5.69. The molecule has 1 heterocycles. The first-order valence-corrected chi connectivity index (χ1v) is 5.95. The van der Waals surface area contributed by atoms with Crippen LogP contribution < -0.4 is 5.32 Å². The highest BCUT2D eigenvalue weighted by Crippen LogP contribution is 2.14. The molecule has 0 aliphatic rings. The smallest absolute Gasteiger partial charge is 0.329 e. The molecule has 2 amide bonds. The molecule has 1 unspecified atom stereocenters. The Kier molecular flexibility index (Phi) is 4.47. The van der Waals surface area contributed by atoms with Crippen molar-refractivity contribution >= 4 is 12.0 Å². The van der Waals surface area contributed by atoms with Gasteiger partial charge in [0.05, 0.1) is 11.7 Å². The summed E-state index contributed by atoms with van der Waals surface area (Å²) >= 11 is 0. The lowest BCUT2D eigenvalue weighted by atomic mass is 10.0. The molecule has 1 atom stereocenters. The number of likely N-dealkylation sites (N-methyl/N-ethyl adjacent to an activating group) is 1. The Labute approximate surface area is 112 Å². The van der Waals surface area contributed by atoms with E-state index in [1.54, 1.807) is 25.3 Å². The van der Waals surface area contributed by atoms with E-state index in [-0.39, 0.29) is 6.04 Å². The van der Waals surface area contributed by atoms with Crippen LogP contribution in [0.3, 0.4) is 0 Å². The maximum Gasteiger partial charge on any atom is 0.329 e. The Morgan fingerprint density at radius 1 is 1.42 bits per heavy atom. The second-order valence-corrected chi connectivity index (χ2v) is 4.85. The van der Waals surface area contributed by atoms with Crippen molar-refractivity contribution in [1.82, 2.24) is 15.2 Å². The van der Waals surface area contributed by atoms with E-state index >= 15 is 0 Å².